The Kier molecular flexibility index (Phi) is 6.36. The van der Waals surface area contributed by atoms with Gasteiger partial charge in [-0.05, 0) is 18.4 Å². The first kappa shape index (κ1) is 15.8. The summed E-state index contributed by atoms with van der Waals surface area (Å²) >= 11 is 0. The molecule has 0 spiro atoms. The molecule has 0 atom stereocenters. The minimum atomic E-state index is -0.691. The Morgan fingerprint density at radius 3 is 2.70 bits per heavy atom. The van der Waals surface area contributed by atoms with E-state index in [1.54, 1.807) is 19.0 Å². The third-order valence-corrected chi connectivity index (χ3v) is 2.47. The van der Waals surface area contributed by atoms with Crippen molar-refractivity contribution in [3.63, 3.8) is 0 Å². The van der Waals surface area contributed by atoms with Crippen LogP contribution in [-0.2, 0) is 14.3 Å². The molecule has 0 aliphatic heterocycles. The fourth-order valence-electron chi connectivity index (χ4n) is 1.57. The van der Waals surface area contributed by atoms with Gasteiger partial charge in [0, 0.05) is 20.3 Å². The molecule has 6 heteroatoms. The van der Waals surface area contributed by atoms with Crippen molar-refractivity contribution in [2.24, 2.45) is 0 Å². The quantitative estimate of drug-likeness (QED) is 0.611. The van der Waals surface area contributed by atoms with Crippen LogP contribution in [-0.4, -0.2) is 44.8 Å². The van der Waals surface area contributed by atoms with Crippen molar-refractivity contribution in [1.29, 1.82) is 0 Å². The van der Waals surface area contributed by atoms with E-state index in [1.165, 1.54) is 13.3 Å². The SMILES string of the molecule is COC(=O)/C(=C\N(C)C)NC(=O)OCC1=CCCC=C1. The van der Waals surface area contributed by atoms with Gasteiger partial charge in [0.05, 0.1) is 7.11 Å². The van der Waals surface area contributed by atoms with Gasteiger partial charge in [0.25, 0.3) is 0 Å². The monoisotopic (exact) mass is 280 g/mol. The molecule has 0 fully saturated rings. The molecule has 1 N–H and O–H groups in total. The van der Waals surface area contributed by atoms with Gasteiger partial charge in [-0.2, -0.15) is 0 Å². The highest BCUT2D eigenvalue weighted by molar-refractivity contribution is 5.92. The van der Waals surface area contributed by atoms with E-state index in [2.05, 4.69) is 10.1 Å². The number of ether oxygens (including phenoxy) is 2. The van der Waals surface area contributed by atoms with Gasteiger partial charge in [0.15, 0.2) is 0 Å². The number of methoxy groups -OCH3 is 1. The fraction of sp³-hybridized carbons (Fsp3) is 0.429. The first-order valence-electron chi connectivity index (χ1n) is 6.29. The van der Waals surface area contributed by atoms with Crippen LogP contribution in [0.1, 0.15) is 12.8 Å². The molecule has 0 bridgehead atoms. The number of carbonyl (C=O) groups is 2. The average Bonchev–Trinajstić information content (AvgIpc) is 2.44. The van der Waals surface area contributed by atoms with Gasteiger partial charge in [-0.15, -0.1) is 0 Å². The second kappa shape index (κ2) is 8.04. The fourth-order valence-corrected chi connectivity index (χ4v) is 1.57. The summed E-state index contributed by atoms with van der Waals surface area (Å²) in [5.74, 6) is -0.632. The van der Waals surface area contributed by atoms with Crippen LogP contribution in [0.2, 0.25) is 0 Å². The van der Waals surface area contributed by atoms with Crippen molar-refractivity contribution in [2.75, 3.05) is 27.8 Å². The highest BCUT2D eigenvalue weighted by atomic mass is 16.6. The Labute approximate surface area is 118 Å². The number of amides is 1. The number of rotatable bonds is 5. The third-order valence-electron chi connectivity index (χ3n) is 2.47. The molecule has 0 saturated heterocycles. The summed E-state index contributed by atoms with van der Waals surface area (Å²) in [6, 6.07) is 0. The highest BCUT2D eigenvalue weighted by Gasteiger charge is 2.15. The van der Waals surface area contributed by atoms with Gasteiger partial charge in [-0.3, -0.25) is 5.32 Å². The molecule has 1 amide bonds. The Balaban J connectivity index is 2.51. The summed E-state index contributed by atoms with van der Waals surface area (Å²) < 4.78 is 9.63. The van der Waals surface area contributed by atoms with E-state index in [0.717, 1.165) is 18.4 Å². The van der Waals surface area contributed by atoms with Crippen molar-refractivity contribution in [1.82, 2.24) is 10.2 Å². The normalized spacial score (nSPS) is 14.3. The van der Waals surface area contributed by atoms with Crippen LogP contribution in [0.3, 0.4) is 0 Å². The van der Waals surface area contributed by atoms with Gasteiger partial charge in [0.2, 0.25) is 0 Å². The minimum absolute atomic E-state index is 0.0238. The van der Waals surface area contributed by atoms with Crippen LogP contribution >= 0.6 is 0 Å². The van der Waals surface area contributed by atoms with Crippen LogP contribution in [0.15, 0.2) is 35.7 Å². The smallest absolute Gasteiger partial charge is 0.412 e. The Bertz CT molecular complexity index is 450. The summed E-state index contributed by atoms with van der Waals surface area (Å²) in [5, 5.41) is 2.37. The second-order valence-electron chi connectivity index (χ2n) is 4.46. The predicted octanol–water partition coefficient (Wildman–Crippen LogP) is 1.56. The van der Waals surface area contributed by atoms with Crippen molar-refractivity contribution in [3.8, 4) is 0 Å². The van der Waals surface area contributed by atoms with Crippen molar-refractivity contribution < 1.29 is 19.1 Å². The molecule has 0 heterocycles. The lowest BCUT2D eigenvalue weighted by molar-refractivity contribution is -0.136. The molecular formula is C14H20N2O4. The van der Waals surface area contributed by atoms with Crippen LogP contribution in [0.4, 0.5) is 4.79 Å². The van der Waals surface area contributed by atoms with Crippen molar-refractivity contribution >= 4 is 12.1 Å². The summed E-state index contributed by atoms with van der Waals surface area (Å²) in [6.07, 6.45) is 8.69. The summed E-state index contributed by atoms with van der Waals surface area (Å²) in [6.45, 7) is 0.179. The van der Waals surface area contributed by atoms with E-state index < -0.39 is 12.1 Å². The number of hydrogen-bond acceptors (Lipinski definition) is 5. The highest BCUT2D eigenvalue weighted by Crippen LogP contribution is 2.09. The van der Waals surface area contributed by atoms with E-state index in [0.29, 0.717) is 0 Å². The first-order valence-corrected chi connectivity index (χ1v) is 6.29. The van der Waals surface area contributed by atoms with E-state index in [9.17, 15) is 9.59 Å². The zero-order valence-corrected chi connectivity index (χ0v) is 12.0. The van der Waals surface area contributed by atoms with E-state index >= 15 is 0 Å². The second-order valence-corrected chi connectivity index (χ2v) is 4.46. The average molecular weight is 280 g/mol. The summed E-state index contributed by atoms with van der Waals surface area (Å²) in [5.41, 5.74) is 0.971. The van der Waals surface area contributed by atoms with E-state index in [-0.39, 0.29) is 12.3 Å². The molecule has 1 rings (SSSR count). The largest absolute Gasteiger partial charge is 0.464 e. The summed E-state index contributed by atoms with van der Waals surface area (Å²) in [7, 11) is 4.71. The minimum Gasteiger partial charge on any atom is -0.464 e. The first-order chi connectivity index (χ1) is 9.52. The standard InChI is InChI=1S/C14H20N2O4/c1-16(2)9-12(13(17)19-3)15-14(18)20-10-11-7-5-4-6-8-11/h5,7-9H,4,6,10H2,1-3H3,(H,15,18)/b12-9+. The molecular weight excluding hydrogens is 260 g/mol. The number of carbonyl (C=O) groups excluding carboxylic acids is 2. The lowest BCUT2D eigenvalue weighted by Gasteiger charge is -2.12. The molecule has 0 aromatic rings. The predicted molar refractivity (Wildman–Crippen MR) is 74.7 cm³/mol. The van der Waals surface area contributed by atoms with E-state index in [4.69, 9.17) is 4.74 Å². The van der Waals surface area contributed by atoms with Gasteiger partial charge >= 0.3 is 12.1 Å². The zero-order chi connectivity index (χ0) is 15.0. The molecule has 0 radical (unpaired) electrons. The maximum Gasteiger partial charge on any atom is 0.412 e. The van der Waals surface area contributed by atoms with Gasteiger partial charge < -0.3 is 14.4 Å². The zero-order valence-electron chi connectivity index (χ0n) is 12.0. The Morgan fingerprint density at radius 2 is 2.15 bits per heavy atom. The van der Waals surface area contributed by atoms with Gasteiger partial charge in [-0.25, -0.2) is 9.59 Å². The maximum absolute atomic E-state index is 11.6. The Hall–Kier alpha value is -2.24. The third kappa shape index (κ3) is 5.60. The lowest BCUT2D eigenvalue weighted by atomic mass is 10.1. The Morgan fingerprint density at radius 1 is 1.40 bits per heavy atom. The molecule has 0 aromatic heterocycles. The molecule has 6 nitrogen and oxygen atoms in total. The molecule has 20 heavy (non-hydrogen) atoms. The molecule has 0 aromatic carbocycles. The molecule has 110 valence electrons. The van der Waals surface area contributed by atoms with Gasteiger partial charge in [-0.1, -0.05) is 18.2 Å². The number of hydrogen-bond donors (Lipinski definition) is 1. The number of nitrogens with one attached hydrogen (secondary N) is 1. The number of esters is 1. The van der Waals surface area contributed by atoms with Crippen molar-refractivity contribution in [2.45, 2.75) is 12.8 Å². The molecule has 0 saturated carbocycles. The molecule has 0 unspecified atom stereocenters. The van der Waals surface area contributed by atoms with Gasteiger partial charge in [0.1, 0.15) is 12.3 Å². The number of allylic oxidation sites excluding steroid dienone is 2. The van der Waals surface area contributed by atoms with Crippen LogP contribution < -0.4 is 5.32 Å². The van der Waals surface area contributed by atoms with Crippen molar-refractivity contribution in [3.05, 3.63) is 35.7 Å². The molecule has 1 aliphatic rings. The van der Waals surface area contributed by atoms with Crippen LogP contribution in [0.5, 0.6) is 0 Å². The summed E-state index contributed by atoms with van der Waals surface area (Å²) in [4.78, 5) is 24.7. The topological polar surface area (TPSA) is 67.9 Å². The maximum atomic E-state index is 11.6. The number of alkyl carbamates (subject to hydrolysis) is 1. The van der Waals surface area contributed by atoms with E-state index in [1.807, 2.05) is 18.2 Å². The van der Waals surface area contributed by atoms with Crippen LogP contribution in [0, 0.1) is 0 Å². The molecule has 1 aliphatic carbocycles. The lowest BCUT2D eigenvalue weighted by Crippen LogP contribution is -2.30. The number of nitrogens with zero attached hydrogens (tertiary/aromatic N) is 1. The van der Waals surface area contributed by atoms with Crippen LogP contribution in [0.25, 0.3) is 0 Å².